The van der Waals surface area contributed by atoms with Crippen LogP contribution in [0, 0.1) is 10.8 Å². The molecule has 0 aliphatic rings. The Kier molecular flexibility index (Phi) is 13.3. The van der Waals surface area contributed by atoms with Crippen molar-refractivity contribution in [3.63, 3.8) is 0 Å². The zero-order chi connectivity index (χ0) is 5.58. The fourth-order valence-corrected chi connectivity index (χ4v) is 0. The lowest BCUT2D eigenvalue weighted by Gasteiger charge is -1.43. The van der Waals surface area contributed by atoms with Crippen molar-refractivity contribution in [3.05, 3.63) is 0 Å². The van der Waals surface area contributed by atoms with Crippen LogP contribution >= 0.6 is 0 Å². The van der Waals surface area contributed by atoms with Gasteiger partial charge in [-0.15, -0.1) is 0 Å². The van der Waals surface area contributed by atoms with Crippen molar-refractivity contribution in [1.29, 1.82) is 10.8 Å². The van der Waals surface area contributed by atoms with Gasteiger partial charge < -0.3 is 0 Å². The van der Waals surface area contributed by atoms with Gasteiger partial charge in [-0.1, -0.05) is 0 Å². The Morgan fingerprint density at radius 1 is 1.33 bits per heavy atom. The molecule has 1 N–H and O–H groups in total. The molecule has 0 fully saturated rings. The fraction of sp³-hybridized carbons (Fsp3) is 0. The summed E-state index contributed by atoms with van der Waals surface area (Å²) in [5, 5.41) is 12.0. The van der Waals surface area contributed by atoms with Crippen molar-refractivity contribution in [2.24, 2.45) is 0 Å². The third kappa shape index (κ3) is 40.3. The van der Waals surface area contributed by atoms with Gasteiger partial charge in [0.25, 0.3) is 11.0 Å². The average molecular weight is 110 g/mol. The van der Waals surface area contributed by atoms with Crippen LogP contribution in [0.4, 0.5) is 0 Å². The lowest BCUT2D eigenvalue weighted by atomic mass is 13.4. The third-order valence-electron chi connectivity index (χ3n) is 0. The quantitative estimate of drug-likeness (QED) is 0.239. The van der Waals surface area contributed by atoms with E-state index in [0.717, 1.165) is 0 Å². The van der Waals surface area contributed by atoms with Crippen LogP contribution in [0.5, 0.6) is 0 Å². The highest BCUT2D eigenvalue weighted by atomic mass is 32.2. The summed E-state index contributed by atoms with van der Waals surface area (Å²) in [6, 6.07) is 0. The SMILES string of the molecule is N#N.O=[SH](=O)O. The van der Waals surface area contributed by atoms with E-state index in [2.05, 4.69) is 0 Å². The van der Waals surface area contributed by atoms with Gasteiger partial charge in [0.05, 0.1) is 0 Å². The molecule has 0 atom stereocenters. The molecule has 36 valence electrons. The molecule has 0 aromatic carbocycles. The molecule has 6 heavy (non-hydrogen) atoms. The van der Waals surface area contributed by atoms with Crippen LogP contribution < -0.4 is 0 Å². The molecule has 0 unspecified atom stereocenters. The van der Waals surface area contributed by atoms with Crippen molar-refractivity contribution < 1.29 is 13.0 Å². The highest BCUT2D eigenvalue weighted by Crippen LogP contribution is 1.27. The van der Waals surface area contributed by atoms with Gasteiger partial charge in [-0.05, 0) is 0 Å². The van der Waals surface area contributed by atoms with Crippen molar-refractivity contribution in [2.45, 2.75) is 0 Å². The second-order valence-corrected chi connectivity index (χ2v) is 0.714. The highest BCUT2D eigenvalue weighted by Gasteiger charge is 1.44. The summed E-state index contributed by atoms with van der Waals surface area (Å²) in [5.41, 5.74) is 0. The van der Waals surface area contributed by atoms with E-state index in [1.807, 2.05) is 0 Å². The standard InChI is InChI=1S/N2.H2O3S/c1-2;1-4(2)3/h;4H,(H,1,2,3). The van der Waals surface area contributed by atoms with Gasteiger partial charge in [0, 0.05) is 10.8 Å². The maximum atomic E-state index is 8.59. The third-order valence-corrected chi connectivity index (χ3v) is 0. The smallest absolute Gasteiger partial charge is 0.254 e. The van der Waals surface area contributed by atoms with E-state index in [1.165, 1.54) is 0 Å². The van der Waals surface area contributed by atoms with Crippen LogP contribution in [-0.2, 0) is 11.0 Å². The first kappa shape index (κ1) is 9.01. The van der Waals surface area contributed by atoms with Gasteiger partial charge in [0.2, 0.25) is 0 Å². The predicted octanol–water partition coefficient (Wildman–Crippen LogP) is -0.899. The fourth-order valence-electron chi connectivity index (χ4n) is 0. The minimum Gasteiger partial charge on any atom is -0.288 e. The summed E-state index contributed by atoms with van der Waals surface area (Å²) in [6.07, 6.45) is 0. The Labute approximate surface area is 35.8 Å². The summed E-state index contributed by atoms with van der Waals surface area (Å²) in [5.74, 6) is 0. The molecule has 0 saturated heterocycles. The molecule has 5 nitrogen and oxygen atoms in total. The summed E-state index contributed by atoms with van der Waals surface area (Å²) in [4.78, 5) is 0. The van der Waals surface area contributed by atoms with Crippen molar-refractivity contribution in [1.82, 2.24) is 0 Å². The molecule has 0 aromatic rings. The number of hydrogen-bond acceptors (Lipinski definition) is 4. The largest absolute Gasteiger partial charge is 0.288 e. The second-order valence-electron chi connectivity index (χ2n) is 0.238. The summed E-state index contributed by atoms with van der Waals surface area (Å²) >= 11 is 0. The lowest BCUT2D eigenvalue weighted by Crippen LogP contribution is -1.58. The molecule has 0 aromatic heterocycles. The van der Waals surface area contributed by atoms with Gasteiger partial charge in [-0.2, -0.15) is 0 Å². The number of thiol groups is 1. The molecule has 0 aliphatic heterocycles. The monoisotopic (exact) mass is 110 g/mol. The van der Waals surface area contributed by atoms with E-state index in [0.29, 0.717) is 0 Å². The second kappa shape index (κ2) is 8.84. The highest BCUT2D eigenvalue weighted by molar-refractivity contribution is 7.66. The molecule has 0 radical (unpaired) electrons. The average Bonchev–Trinajstić information content (AvgIpc) is 1.41. The van der Waals surface area contributed by atoms with Crippen LogP contribution in [0.25, 0.3) is 0 Å². The van der Waals surface area contributed by atoms with E-state index >= 15 is 0 Å². The predicted molar refractivity (Wildman–Crippen MR) is 16.4 cm³/mol. The molecule has 0 bridgehead atoms. The first-order valence-electron chi connectivity index (χ1n) is 0.765. The summed E-state index contributed by atoms with van der Waals surface area (Å²) < 4.78 is 24.2. The van der Waals surface area contributed by atoms with Crippen LogP contribution in [0.15, 0.2) is 0 Å². The van der Waals surface area contributed by atoms with E-state index in [1.54, 1.807) is 0 Å². The van der Waals surface area contributed by atoms with E-state index in [-0.39, 0.29) is 0 Å². The molecule has 0 amide bonds. The molecule has 0 heterocycles. The van der Waals surface area contributed by atoms with Gasteiger partial charge in [0.1, 0.15) is 0 Å². The Morgan fingerprint density at radius 3 is 1.33 bits per heavy atom. The molecule has 0 saturated carbocycles. The minimum atomic E-state index is -3.12. The number of rotatable bonds is 0. The Morgan fingerprint density at radius 2 is 1.33 bits per heavy atom. The Hall–Kier alpha value is -0.670. The normalized spacial score (nSPS) is 6.00. The van der Waals surface area contributed by atoms with Gasteiger partial charge in [0.15, 0.2) is 0 Å². The van der Waals surface area contributed by atoms with Crippen LogP contribution in [0.2, 0.25) is 0 Å². The van der Waals surface area contributed by atoms with Gasteiger partial charge in [-0.3, -0.25) is 4.55 Å². The topological polar surface area (TPSA) is 102 Å². The van der Waals surface area contributed by atoms with Gasteiger partial charge in [-0.25, -0.2) is 8.42 Å². The number of hydrogen-bond donors (Lipinski definition) is 2. The van der Waals surface area contributed by atoms with Crippen LogP contribution in [-0.4, -0.2) is 13.0 Å². The lowest BCUT2D eigenvalue weighted by molar-refractivity contribution is 0.509. The summed E-state index contributed by atoms with van der Waals surface area (Å²) in [6.45, 7) is 0. The van der Waals surface area contributed by atoms with Gasteiger partial charge >= 0.3 is 0 Å². The first-order chi connectivity index (χ1) is 2.73. The zero-order valence-electron chi connectivity index (χ0n) is 2.61. The maximum absolute atomic E-state index is 8.59. The van der Waals surface area contributed by atoms with Crippen LogP contribution in [0.3, 0.4) is 0 Å². The molecular weight excluding hydrogens is 108 g/mol. The molecule has 6 heteroatoms. The molecular formula is H2N2O3S. The van der Waals surface area contributed by atoms with Crippen molar-refractivity contribution in [2.75, 3.05) is 0 Å². The first-order valence-corrected chi connectivity index (χ1v) is 1.90. The molecule has 0 rings (SSSR count). The van der Waals surface area contributed by atoms with Crippen molar-refractivity contribution >= 4 is 11.0 Å². The maximum Gasteiger partial charge on any atom is 0.254 e. The number of nitrogens with zero attached hydrogens (tertiary/aromatic N) is 2. The Bertz CT molecular complexity index is 82.2. The molecule has 0 spiro atoms. The zero-order valence-corrected chi connectivity index (χ0v) is 3.50. The summed E-state index contributed by atoms with van der Waals surface area (Å²) in [7, 11) is -3.12. The van der Waals surface area contributed by atoms with Crippen molar-refractivity contribution in [3.8, 4) is 0 Å². The molecule has 0 aliphatic carbocycles. The Balaban J connectivity index is 0. The van der Waals surface area contributed by atoms with E-state index < -0.39 is 11.0 Å². The van der Waals surface area contributed by atoms with E-state index in [4.69, 9.17) is 23.8 Å². The minimum absolute atomic E-state index is 3.12. The van der Waals surface area contributed by atoms with E-state index in [9.17, 15) is 0 Å². The van der Waals surface area contributed by atoms with Crippen LogP contribution in [0.1, 0.15) is 0 Å².